The van der Waals surface area contributed by atoms with E-state index in [0.717, 1.165) is 44.9 Å². The van der Waals surface area contributed by atoms with E-state index in [-0.39, 0.29) is 18.9 Å². The molecule has 0 heterocycles. The molecule has 0 aliphatic heterocycles. The van der Waals surface area contributed by atoms with Gasteiger partial charge >= 0.3 is 0 Å². The third kappa shape index (κ3) is 43.9. The molecule has 58 heavy (non-hydrogen) atoms. The van der Waals surface area contributed by atoms with Crippen molar-refractivity contribution in [3.63, 3.8) is 0 Å². The van der Waals surface area contributed by atoms with Crippen molar-refractivity contribution in [3.05, 3.63) is 48.6 Å². The number of aliphatic hydroxyl groups is 3. The second kappa shape index (κ2) is 48.0. The van der Waals surface area contributed by atoms with Gasteiger partial charge in [-0.25, -0.2) is 0 Å². The Kier molecular flexibility index (Phi) is 46.6. The molecule has 0 aromatic carbocycles. The average Bonchev–Trinajstić information content (AvgIpc) is 3.22. The van der Waals surface area contributed by atoms with Crippen molar-refractivity contribution >= 4 is 5.91 Å². The van der Waals surface area contributed by atoms with Crippen molar-refractivity contribution in [2.75, 3.05) is 6.61 Å². The maximum absolute atomic E-state index is 12.4. The summed E-state index contributed by atoms with van der Waals surface area (Å²) in [6.07, 6.45) is 63.2. The van der Waals surface area contributed by atoms with Gasteiger partial charge in [0.2, 0.25) is 5.91 Å². The highest BCUT2D eigenvalue weighted by atomic mass is 16.3. The van der Waals surface area contributed by atoms with Crippen LogP contribution >= 0.6 is 0 Å². The number of amides is 1. The number of carbonyl (C=O) groups is 1. The zero-order valence-corrected chi connectivity index (χ0v) is 38.7. The number of aliphatic hydroxyl groups excluding tert-OH is 3. The first-order valence-corrected chi connectivity index (χ1v) is 25.4. The SMILES string of the molecule is CC/C=C/CC/C=C/CC/C=C/C(O)C(CO)NC(=O)CC(O)CCCCCCCCCCCCCCCCC/C=C\CCCCCCCCCCCCCCCC. The minimum atomic E-state index is -0.958. The van der Waals surface area contributed by atoms with E-state index in [0.29, 0.717) is 6.42 Å². The first-order valence-electron chi connectivity index (χ1n) is 25.4. The molecule has 0 bridgehead atoms. The second-order valence-corrected chi connectivity index (χ2v) is 17.4. The van der Waals surface area contributed by atoms with Crippen molar-refractivity contribution in [1.82, 2.24) is 5.32 Å². The van der Waals surface area contributed by atoms with Gasteiger partial charge in [0.25, 0.3) is 0 Å². The van der Waals surface area contributed by atoms with Crippen LogP contribution in [0.3, 0.4) is 0 Å². The number of nitrogens with one attached hydrogen (secondary N) is 1. The highest BCUT2D eigenvalue weighted by Crippen LogP contribution is 2.16. The van der Waals surface area contributed by atoms with Gasteiger partial charge in [-0.3, -0.25) is 4.79 Å². The van der Waals surface area contributed by atoms with Crippen LogP contribution in [-0.4, -0.2) is 46.1 Å². The van der Waals surface area contributed by atoms with E-state index in [1.54, 1.807) is 6.08 Å². The van der Waals surface area contributed by atoms with Crippen LogP contribution in [0.1, 0.15) is 258 Å². The minimum absolute atomic E-state index is 0.00238. The van der Waals surface area contributed by atoms with E-state index in [9.17, 15) is 20.1 Å². The molecule has 0 saturated heterocycles. The van der Waals surface area contributed by atoms with Crippen molar-refractivity contribution in [2.45, 2.75) is 276 Å². The van der Waals surface area contributed by atoms with Gasteiger partial charge in [-0.05, 0) is 64.2 Å². The number of hydrogen-bond acceptors (Lipinski definition) is 4. The first-order chi connectivity index (χ1) is 28.5. The summed E-state index contributed by atoms with van der Waals surface area (Å²) in [7, 11) is 0. The summed E-state index contributed by atoms with van der Waals surface area (Å²) < 4.78 is 0. The molecule has 3 atom stereocenters. The van der Waals surface area contributed by atoms with Gasteiger partial charge < -0.3 is 20.6 Å². The van der Waals surface area contributed by atoms with Crippen molar-refractivity contribution in [3.8, 4) is 0 Å². The molecule has 0 aromatic heterocycles. The molecule has 0 spiro atoms. The summed E-state index contributed by atoms with van der Waals surface area (Å²) in [5.41, 5.74) is 0. The first kappa shape index (κ1) is 56.3. The van der Waals surface area contributed by atoms with E-state index in [1.807, 2.05) is 6.08 Å². The highest BCUT2D eigenvalue weighted by molar-refractivity contribution is 5.76. The smallest absolute Gasteiger partial charge is 0.222 e. The van der Waals surface area contributed by atoms with Gasteiger partial charge in [0.05, 0.1) is 31.3 Å². The molecule has 0 radical (unpaired) electrons. The topological polar surface area (TPSA) is 89.8 Å². The van der Waals surface area contributed by atoms with Gasteiger partial charge in [0.15, 0.2) is 0 Å². The summed E-state index contributed by atoms with van der Waals surface area (Å²) >= 11 is 0. The standard InChI is InChI=1S/C53H99NO4/c1-3-5-7-9-11-13-15-16-17-18-19-20-21-22-23-24-25-26-27-28-29-30-31-32-33-34-35-36-37-38-40-42-44-46-50(56)48-53(58)54-51(49-55)52(57)47-45-43-41-39-14-12-10-8-6-4-2/h6,8,14,24-25,39,45,47,50-52,55-57H,3-5,7,9-13,15-23,26-38,40-44,46,48-49H2,1-2H3,(H,54,58)/b8-6+,25-24-,39-14+,47-45+. The molecule has 0 saturated carbocycles. The Bertz CT molecular complexity index is 943. The number of carbonyl (C=O) groups excluding carboxylic acids is 1. The maximum atomic E-state index is 12.4. The second-order valence-electron chi connectivity index (χ2n) is 17.4. The molecule has 0 aliphatic rings. The molecule has 3 unspecified atom stereocenters. The lowest BCUT2D eigenvalue weighted by Crippen LogP contribution is -2.45. The predicted octanol–water partition coefficient (Wildman–Crippen LogP) is 15.3. The summed E-state index contributed by atoms with van der Waals surface area (Å²) in [4.78, 5) is 12.4. The van der Waals surface area contributed by atoms with E-state index in [1.165, 1.54) is 186 Å². The molecule has 0 fully saturated rings. The van der Waals surface area contributed by atoms with Crippen LogP contribution in [0.2, 0.25) is 0 Å². The highest BCUT2D eigenvalue weighted by Gasteiger charge is 2.20. The predicted molar refractivity (Wildman–Crippen MR) is 254 cm³/mol. The summed E-state index contributed by atoms with van der Waals surface area (Å²) in [5.74, 6) is -0.331. The Balaban J connectivity index is 3.48. The van der Waals surface area contributed by atoms with Crippen molar-refractivity contribution in [2.24, 2.45) is 0 Å². The Morgan fingerprint density at radius 2 is 0.793 bits per heavy atom. The summed E-state index contributed by atoms with van der Waals surface area (Å²) in [6, 6.07) is -0.766. The number of allylic oxidation sites excluding steroid dienone is 7. The molecule has 1 amide bonds. The Morgan fingerprint density at radius 3 is 1.19 bits per heavy atom. The number of rotatable bonds is 46. The monoisotopic (exact) mass is 814 g/mol. The molecule has 0 rings (SSSR count). The number of unbranched alkanes of at least 4 members (excludes halogenated alkanes) is 31. The molecule has 5 nitrogen and oxygen atoms in total. The van der Waals surface area contributed by atoms with Gasteiger partial charge in [-0.1, -0.05) is 236 Å². The molecule has 5 heteroatoms. The fourth-order valence-electron chi connectivity index (χ4n) is 7.73. The molecular formula is C53H99NO4. The van der Waals surface area contributed by atoms with Crippen molar-refractivity contribution < 1.29 is 20.1 Å². The largest absolute Gasteiger partial charge is 0.394 e. The lowest BCUT2D eigenvalue weighted by atomic mass is 10.0. The van der Waals surface area contributed by atoms with Crippen molar-refractivity contribution in [1.29, 1.82) is 0 Å². The lowest BCUT2D eigenvalue weighted by Gasteiger charge is -2.21. The van der Waals surface area contributed by atoms with Crippen LogP contribution in [0.15, 0.2) is 48.6 Å². The quantitative estimate of drug-likeness (QED) is 0.0364. The van der Waals surface area contributed by atoms with E-state index >= 15 is 0 Å². The molecule has 0 aromatic rings. The molecular weight excluding hydrogens is 715 g/mol. The van der Waals surface area contributed by atoms with E-state index in [4.69, 9.17) is 0 Å². The van der Waals surface area contributed by atoms with E-state index in [2.05, 4.69) is 55.6 Å². The fourth-order valence-corrected chi connectivity index (χ4v) is 7.73. The van der Waals surface area contributed by atoms with Crippen LogP contribution in [0, 0.1) is 0 Å². The molecule has 0 aliphatic carbocycles. The van der Waals surface area contributed by atoms with Gasteiger partial charge in [0.1, 0.15) is 0 Å². The lowest BCUT2D eigenvalue weighted by molar-refractivity contribution is -0.124. The zero-order chi connectivity index (χ0) is 42.3. The van der Waals surface area contributed by atoms with Gasteiger partial charge in [-0.15, -0.1) is 0 Å². The normalized spacial score (nSPS) is 13.8. The number of hydrogen-bond donors (Lipinski definition) is 4. The van der Waals surface area contributed by atoms with Crippen LogP contribution in [0.5, 0.6) is 0 Å². The molecule has 340 valence electrons. The summed E-state index contributed by atoms with van der Waals surface area (Å²) in [6.45, 7) is 4.08. The Hall–Kier alpha value is -1.69. The minimum Gasteiger partial charge on any atom is -0.394 e. The van der Waals surface area contributed by atoms with Crippen LogP contribution in [0.25, 0.3) is 0 Å². The Morgan fingerprint density at radius 1 is 0.448 bits per heavy atom. The molecule has 4 N–H and O–H groups in total. The van der Waals surface area contributed by atoms with E-state index < -0.39 is 18.2 Å². The third-order valence-corrected chi connectivity index (χ3v) is 11.6. The maximum Gasteiger partial charge on any atom is 0.222 e. The Labute approximate surface area is 361 Å². The van der Waals surface area contributed by atoms with Crippen LogP contribution in [0.4, 0.5) is 0 Å². The van der Waals surface area contributed by atoms with Crippen LogP contribution in [-0.2, 0) is 4.79 Å². The average molecular weight is 814 g/mol. The van der Waals surface area contributed by atoms with Crippen LogP contribution < -0.4 is 5.32 Å². The summed E-state index contributed by atoms with van der Waals surface area (Å²) in [5, 5.41) is 33.1. The van der Waals surface area contributed by atoms with Gasteiger partial charge in [0, 0.05) is 0 Å². The third-order valence-electron chi connectivity index (χ3n) is 11.6. The van der Waals surface area contributed by atoms with Gasteiger partial charge in [-0.2, -0.15) is 0 Å². The fraction of sp³-hybridized carbons (Fsp3) is 0.830. The zero-order valence-electron chi connectivity index (χ0n) is 38.7.